The molecule has 0 atom stereocenters. The summed E-state index contributed by atoms with van der Waals surface area (Å²) in [7, 11) is 0. The summed E-state index contributed by atoms with van der Waals surface area (Å²) in [5, 5.41) is 0. The monoisotopic (exact) mass is 388 g/mol. The second-order valence-electron chi connectivity index (χ2n) is 6.81. The maximum atomic E-state index is 13.2. The molecule has 0 aliphatic carbocycles. The summed E-state index contributed by atoms with van der Waals surface area (Å²) in [6, 6.07) is 22.1. The number of ether oxygens (including phenoxy) is 1. The van der Waals surface area contributed by atoms with E-state index in [0.29, 0.717) is 25.3 Å². The van der Waals surface area contributed by atoms with Crippen LogP contribution in [0.5, 0.6) is 0 Å². The van der Waals surface area contributed by atoms with Crippen LogP contribution in [0.3, 0.4) is 0 Å². The molecule has 0 unspecified atom stereocenters. The topological polar surface area (TPSA) is 41.9 Å². The summed E-state index contributed by atoms with van der Waals surface area (Å²) in [6.45, 7) is 3.38. The van der Waals surface area contributed by atoms with Gasteiger partial charge in [0.1, 0.15) is 5.82 Å². The lowest BCUT2D eigenvalue weighted by molar-refractivity contribution is 0.0993. The number of amides is 1. The third-order valence-corrected chi connectivity index (χ3v) is 4.88. The van der Waals surface area contributed by atoms with Crippen molar-refractivity contribution in [3.63, 3.8) is 0 Å². The van der Waals surface area contributed by atoms with Gasteiger partial charge in [0, 0.05) is 18.7 Å². The number of hydrogen-bond donors (Lipinski definition) is 0. The fourth-order valence-corrected chi connectivity index (χ4v) is 3.51. The van der Waals surface area contributed by atoms with Crippen molar-refractivity contribution in [3.05, 3.63) is 95.3 Å². The molecular weight excluding hydrogens is 367 g/mol. The van der Waals surface area contributed by atoms with Crippen LogP contribution in [-0.2, 0) is 17.8 Å². The van der Waals surface area contributed by atoms with Gasteiger partial charge in [0.15, 0.2) is 0 Å². The molecule has 4 nitrogen and oxygen atoms in total. The Bertz CT molecular complexity index is 1010. The van der Waals surface area contributed by atoms with Gasteiger partial charge in [-0.3, -0.25) is 4.79 Å². The fourth-order valence-electron chi connectivity index (χ4n) is 3.51. The Morgan fingerprint density at radius 2 is 1.48 bits per heavy atom. The zero-order valence-electron chi connectivity index (χ0n) is 16.1. The summed E-state index contributed by atoms with van der Waals surface area (Å²) in [5.41, 5.74) is 4.94. The molecule has 0 radical (unpaired) electrons. The molecule has 3 aromatic carbocycles. The van der Waals surface area contributed by atoms with Crippen molar-refractivity contribution in [1.82, 2.24) is 4.90 Å². The number of benzene rings is 3. The highest BCUT2D eigenvalue weighted by Gasteiger charge is 2.23. The van der Waals surface area contributed by atoms with Gasteiger partial charge >= 0.3 is 0 Å². The van der Waals surface area contributed by atoms with E-state index >= 15 is 0 Å². The average Bonchev–Trinajstić information content (AvgIpc) is 2.91. The number of carbonyl (C=O) groups excluding carboxylic acids is 1. The standard InChI is InChI=1S/C24H21FN2O2/c1-2-29-24(26-23(28)17-11-13-20(25)14-12-17)27-15-18-7-3-5-9-21(18)22-10-6-4-8-19(22)16-27/h3-14H,2,15-16H2,1H3/b26-24-. The van der Waals surface area contributed by atoms with Crippen LogP contribution in [0.4, 0.5) is 4.39 Å². The lowest BCUT2D eigenvalue weighted by atomic mass is 9.97. The maximum absolute atomic E-state index is 13.2. The molecule has 1 amide bonds. The Hall–Kier alpha value is -3.47. The predicted octanol–water partition coefficient (Wildman–Crippen LogP) is 5.04. The molecule has 0 saturated carbocycles. The quantitative estimate of drug-likeness (QED) is 0.456. The molecule has 29 heavy (non-hydrogen) atoms. The van der Waals surface area contributed by atoms with Gasteiger partial charge in [0.25, 0.3) is 11.9 Å². The van der Waals surface area contributed by atoms with Gasteiger partial charge in [-0.2, -0.15) is 4.99 Å². The number of hydrogen-bond acceptors (Lipinski definition) is 2. The van der Waals surface area contributed by atoms with Crippen molar-refractivity contribution >= 4 is 11.9 Å². The van der Waals surface area contributed by atoms with Crippen LogP contribution in [0, 0.1) is 5.82 Å². The van der Waals surface area contributed by atoms with Gasteiger partial charge in [-0.25, -0.2) is 4.39 Å². The third kappa shape index (κ3) is 4.04. The van der Waals surface area contributed by atoms with Gasteiger partial charge in [-0.1, -0.05) is 48.5 Å². The van der Waals surface area contributed by atoms with E-state index in [9.17, 15) is 9.18 Å². The molecule has 0 aromatic heterocycles. The third-order valence-electron chi connectivity index (χ3n) is 4.88. The van der Waals surface area contributed by atoms with Crippen LogP contribution in [0.1, 0.15) is 28.4 Å². The van der Waals surface area contributed by atoms with E-state index in [1.807, 2.05) is 36.1 Å². The van der Waals surface area contributed by atoms with E-state index in [1.54, 1.807) is 0 Å². The SMILES string of the molecule is CCO/C(=N\C(=O)c1ccc(F)cc1)N1Cc2ccccc2-c2ccccc2C1. The first-order chi connectivity index (χ1) is 14.2. The molecule has 5 heteroatoms. The van der Waals surface area contributed by atoms with E-state index < -0.39 is 11.7 Å². The van der Waals surface area contributed by atoms with Crippen molar-refractivity contribution in [2.45, 2.75) is 20.0 Å². The minimum absolute atomic E-state index is 0.272. The van der Waals surface area contributed by atoms with Gasteiger partial charge in [-0.15, -0.1) is 0 Å². The summed E-state index contributed by atoms with van der Waals surface area (Å²) in [5.74, 6) is -0.851. The van der Waals surface area contributed by atoms with Crippen LogP contribution in [0.15, 0.2) is 77.8 Å². The van der Waals surface area contributed by atoms with Gasteiger partial charge in [-0.05, 0) is 53.4 Å². The Balaban J connectivity index is 1.73. The molecule has 0 spiro atoms. The highest BCUT2D eigenvalue weighted by Crippen LogP contribution is 2.32. The highest BCUT2D eigenvalue weighted by molar-refractivity contribution is 6.01. The summed E-state index contributed by atoms with van der Waals surface area (Å²) >= 11 is 0. The van der Waals surface area contributed by atoms with Crippen molar-refractivity contribution in [3.8, 4) is 11.1 Å². The fraction of sp³-hybridized carbons (Fsp3) is 0.167. The minimum atomic E-state index is -0.459. The zero-order valence-corrected chi connectivity index (χ0v) is 16.1. The molecule has 1 heterocycles. The number of rotatable bonds is 2. The molecule has 0 fully saturated rings. The van der Waals surface area contributed by atoms with Gasteiger partial charge < -0.3 is 9.64 Å². The molecule has 0 saturated heterocycles. The molecule has 1 aliphatic heterocycles. The Kier molecular flexibility index (Phi) is 5.38. The van der Waals surface area contributed by atoms with E-state index in [1.165, 1.54) is 35.4 Å². The van der Waals surface area contributed by atoms with E-state index in [0.717, 1.165) is 11.1 Å². The maximum Gasteiger partial charge on any atom is 0.296 e. The number of fused-ring (bicyclic) bond motifs is 3. The predicted molar refractivity (Wildman–Crippen MR) is 111 cm³/mol. The number of carbonyl (C=O) groups is 1. The van der Waals surface area contributed by atoms with Crippen molar-refractivity contribution in [2.24, 2.45) is 4.99 Å². The molecule has 1 aliphatic rings. The first kappa shape index (κ1) is 18.9. The second kappa shape index (κ2) is 8.27. The molecule has 146 valence electrons. The Morgan fingerprint density at radius 3 is 2.03 bits per heavy atom. The highest BCUT2D eigenvalue weighted by atomic mass is 19.1. The second-order valence-corrected chi connectivity index (χ2v) is 6.81. The molecular formula is C24H21FN2O2. The van der Waals surface area contributed by atoms with E-state index in [-0.39, 0.29) is 6.02 Å². The molecule has 3 aromatic rings. The lowest BCUT2D eigenvalue weighted by Gasteiger charge is -2.24. The first-order valence-corrected chi connectivity index (χ1v) is 9.58. The number of halogens is 1. The van der Waals surface area contributed by atoms with Crippen LogP contribution >= 0.6 is 0 Å². The van der Waals surface area contributed by atoms with E-state index in [4.69, 9.17) is 4.74 Å². The van der Waals surface area contributed by atoms with Crippen LogP contribution in [0.25, 0.3) is 11.1 Å². The average molecular weight is 388 g/mol. The van der Waals surface area contributed by atoms with Crippen LogP contribution in [-0.4, -0.2) is 23.4 Å². The Labute approximate surface area is 169 Å². The van der Waals surface area contributed by atoms with Crippen LogP contribution < -0.4 is 0 Å². The van der Waals surface area contributed by atoms with Gasteiger partial charge in [0.05, 0.1) is 6.61 Å². The van der Waals surface area contributed by atoms with Crippen LogP contribution in [0.2, 0.25) is 0 Å². The minimum Gasteiger partial charge on any atom is -0.465 e. The van der Waals surface area contributed by atoms with Crippen molar-refractivity contribution in [2.75, 3.05) is 6.61 Å². The largest absolute Gasteiger partial charge is 0.465 e. The summed E-state index contributed by atoms with van der Waals surface area (Å²) in [4.78, 5) is 18.8. The zero-order chi connectivity index (χ0) is 20.2. The first-order valence-electron chi connectivity index (χ1n) is 9.58. The lowest BCUT2D eigenvalue weighted by Crippen LogP contribution is -2.32. The molecule has 4 rings (SSSR count). The van der Waals surface area contributed by atoms with Gasteiger partial charge in [0.2, 0.25) is 0 Å². The number of nitrogens with zero attached hydrogens (tertiary/aromatic N) is 2. The molecule has 0 N–H and O–H groups in total. The number of aliphatic imine (C=N–C) groups is 1. The normalized spacial score (nSPS) is 13.3. The molecule has 0 bridgehead atoms. The van der Waals surface area contributed by atoms with Crippen molar-refractivity contribution in [1.29, 1.82) is 0 Å². The summed E-state index contributed by atoms with van der Waals surface area (Å²) < 4.78 is 18.9. The Morgan fingerprint density at radius 1 is 0.931 bits per heavy atom. The van der Waals surface area contributed by atoms with Crippen molar-refractivity contribution < 1.29 is 13.9 Å². The van der Waals surface area contributed by atoms with E-state index in [2.05, 4.69) is 29.3 Å². The summed E-state index contributed by atoms with van der Waals surface area (Å²) in [6.07, 6.45) is 0. The smallest absolute Gasteiger partial charge is 0.296 e. The number of amidine groups is 1.